The second-order valence-corrected chi connectivity index (χ2v) is 5.44. The molecule has 0 aliphatic heterocycles. The molecule has 1 aromatic heterocycles. The fraction of sp³-hybridized carbons (Fsp3) is 0.125. The molecule has 98 valence electrons. The molecule has 0 aliphatic rings. The molecule has 0 N–H and O–H groups in total. The van der Waals surface area contributed by atoms with Crippen LogP contribution >= 0.6 is 11.8 Å². The Balaban J connectivity index is 2.20. The molecule has 3 aromatic rings. The van der Waals surface area contributed by atoms with Gasteiger partial charge >= 0.3 is 0 Å². The van der Waals surface area contributed by atoms with Crippen molar-refractivity contribution in [2.24, 2.45) is 0 Å². The number of benzene rings is 2. The number of nitrogens with zero attached hydrogens (tertiary/aromatic N) is 3. The van der Waals surface area contributed by atoms with E-state index in [-0.39, 0.29) is 0 Å². The van der Waals surface area contributed by atoms with Crippen LogP contribution in [0, 0.1) is 18.3 Å². The van der Waals surface area contributed by atoms with Crippen LogP contribution in [0.25, 0.3) is 16.7 Å². The van der Waals surface area contributed by atoms with Gasteiger partial charge in [0.2, 0.25) is 0 Å². The van der Waals surface area contributed by atoms with Gasteiger partial charge in [0.1, 0.15) is 0 Å². The summed E-state index contributed by atoms with van der Waals surface area (Å²) < 4.78 is 2.11. The summed E-state index contributed by atoms with van der Waals surface area (Å²) in [4.78, 5) is 4.62. The van der Waals surface area contributed by atoms with Crippen LogP contribution in [-0.4, -0.2) is 15.3 Å². The zero-order valence-corrected chi connectivity index (χ0v) is 11.9. The van der Waals surface area contributed by atoms with Gasteiger partial charge < -0.3 is 0 Å². The van der Waals surface area contributed by atoms with Gasteiger partial charge in [-0.25, -0.2) is 4.98 Å². The predicted molar refractivity (Wildman–Crippen MR) is 82.1 cm³/mol. The smallest absolute Gasteiger partial charge is 0.174 e. The molecule has 0 saturated heterocycles. The summed E-state index contributed by atoms with van der Waals surface area (Å²) in [5.74, 6) is 0.398. The van der Waals surface area contributed by atoms with E-state index in [4.69, 9.17) is 5.26 Å². The van der Waals surface area contributed by atoms with Gasteiger partial charge in [-0.3, -0.25) is 4.57 Å². The maximum Gasteiger partial charge on any atom is 0.174 e. The Morgan fingerprint density at radius 3 is 2.65 bits per heavy atom. The van der Waals surface area contributed by atoms with Gasteiger partial charge in [0.05, 0.1) is 22.9 Å². The van der Waals surface area contributed by atoms with Gasteiger partial charge in [0.15, 0.2) is 5.16 Å². The zero-order valence-electron chi connectivity index (χ0n) is 11.1. The fourth-order valence-corrected chi connectivity index (χ4v) is 2.83. The maximum absolute atomic E-state index is 8.79. The molecule has 4 heteroatoms. The summed E-state index contributed by atoms with van der Waals surface area (Å²) in [5, 5.41) is 9.65. The Morgan fingerprint density at radius 2 is 1.90 bits per heavy atom. The number of thioether (sulfide) groups is 1. The molecule has 0 aliphatic carbocycles. The van der Waals surface area contributed by atoms with Crippen molar-refractivity contribution >= 4 is 22.8 Å². The van der Waals surface area contributed by atoms with Crippen LogP contribution < -0.4 is 0 Å². The first kappa shape index (κ1) is 12.8. The fourth-order valence-electron chi connectivity index (χ4n) is 2.14. The van der Waals surface area contributed by atoms with Crippen molar-refractivity contribution in [2.45, 2.75) is 12.1 Å². The van der Waals surface area contributed by atoms with Crippen LogP contribution in [-0.2, 0) is 0 Å². The van der Waals surface area contributed by atoms with Crippen molar-refractivity contribution in [3.8, 4) is 11.8 Å². The Kier molecular flexibility index (Phi) is 3.44. The Hall–Kier alpha value is -2.25. The van der Waals surface area contributed by atoms with E-state index in [1.54, 1.807) is 0 Å². The maximum atomic E-state index is 8.79. The average Bonchev–Trinajstić information content (AvgIpc) is 2.84. The highest BCUT2D eigenvalue weighted by atomic mass is 32.2. The van der Waals surface area contributed by atoms with Gasteiger partial charge in [0.25, 0.3) is 0 Å². The summed E-state index contributed by atoms with van der Waals surface area (Å²) in [7, 11) is 0. The summed E-state index contributed by atoms with van der Waals surface area (Å²) >= 11 is 1.46. The van der Waals surface area contributed by atoms with Crippen molar-refractivity contribution in [3.05, 3.63) is 54.1 Å². The molecule has 0 fully saturated rings. The molecular formula is C16H13N3S. The lowest BCUT2D eigenvalue weighted by molar-refractivity contribution is 0.920. The van der Waals surface area contributed by atoms with Gasteiger partial charge in [-0.15, -0.1) is 0 Å². The Labute approximate surface area is 121 Å². The van der Waals surface area contributed by atoms with E-state index in [9.17, 15) is 0 Å². The Morgan fingerprint density at radius 1 is 1.15 bits per heavy atom. The van der Waals surface area contributed by atoms with Gasteiger partial charge in [-0.05, 0) is 31.2 Å². The largest absolute Gasteiger partial charge is 0.287 e. The van der Waals surface area contributed by atoms with E-state index in [2.05, 4.69) is 52.9 Å². The van der Waals surface area contributed by atoms with Crippen molar-refractivity contribution in [2.75, 3.05) is 5.75 Å². The molecular weight excluding hydrogens is 266 g/mol. The molecule has 2 aromatic carbocycles. The number of aryl methyl sites for hydroxylation is 1. The summed E-state index contributed by atoms with van der Waals surface area (Å²) in [5.41, 5.74) is 4.32. The lowest BCUT2D eigenvalue weighted by atomic mass is 10.2. The molecule has 0 amide bonds. The minimum Gasteiger partial charge on any atom is -0.287 e. The number of para-hydroxylation sites is 2. The molecule has 3 nitrogen and oxygen atoms in total. The highest BCUT2D eigenvalue weighted by molar-refractivity contribution is 7.99. The van der Waals surface area contributed by atoms with Crippen molar-refractivity contribution in [1.29, 1.82) is 5.26 Å². The number of nitriles is 1. The summed E-state index contributed by atoms with van der Waals surface area (Å²) in [6.07, 6.45) is 0. The molecule has 0 unspecified atom stereocenters. The molecule has 20 heavy (non-hydrogen) atoms. The highest BCUT2D eigenvalue weighted by Gasteiger charge is 2.12. The average molecular weight is 279 g/mol. The van der Waals surface area contributed by atoms with Crippen molar-refractivity contribution < 1.29 is 0 Å². The third-order valence-electron chi connectivity index (χ3n) is 3.09. The van der Waals surface area contributed by atoms with E-state index in [1.165, 1.54) is 17.3 Å². The first-order valence-electron chi connectivity index (χ1n) is 6.34. The topological polar surface area (TPSA) is 41.6 Å². The van der Waals surface area contributed by atoms with E-state index >= 15 is 0 Å². The predicted octanol–water partition coefficient (Wildman–Crippen LogP) is 3.95. The quantitative estimate of drug-likeness (QED) is 0.682. The molecule has 1 heterocycles. The second kappa shape index (κ2) is 5.40. The minimum atomic E-state index is 0.398. The standard InChI is InChI=1S/C16H13N3S/c1-12-6-8-13(9-7-12)19-15-5-3-2-4-14(15)18-16(19)20-11-10-17/h2-9H,11H2,1H3. The summed E-state index contributed by atoms with van der Waals surface area (Å²) in [6.45, 7) is 2.07. The van der Waals surface area contributed by atoms with E-state index in [0.29, 0.717) is 5.75 Å². The lowest BCUT2D eigenvalue weighted by Gasteiger charge is -2.08. The van der Waals surface area contributed by atoms with Crippen LogP contribution in [0.3, 0.4) is 0 Å². The Bertz CT molecular complexity index is 782. The lowest BCUT2D eigenvalue weighted by Crippen LogP contribution is -1.96. The molecule has 0 saturated carbocycles. The second-order valence-electron chi connectivity index (χ2n) is 4.50. The van der Waals surface area contributed by atoms with Crippen LogP contribution in [0.2, 0.25) is 0 Å². The number of rotatable bonds is 3. The molecule has 0 bridgehead atoms. The third-order valence-corrected chi connectivity index (χ3v) is 3.89. The van der Waals surface area contributed by atoms with Gasteiger partial charge in [0, 0.05) is 5.69 Å². The van der Waals surface area contributed by atoms with Gasteiger partial charge in [-0.1, -0.05) is 41.6 Å². The van der Waals surface area contributed by atoms with Crippen LogP contribution in [0.15, 0.2) is 53.7 Å². The van der Waals surface area contributed by atoms with Crippen molar-refractivity contribution in [1.82, 2.24) is 9.55 Å². The van der Waals surface area contributed by atoms with E-state index < -0.39 is 0 Å². The molecule has 0 spiro atoms. The first-order valence-corrected chi connectivity index (χ1v) is 7.32. The van der Waals surface area contributed by atoms with Gasteiger partial charge in [-0.2, -0.15) is 5.26 Å². The normalized spacial score (nSPS) is 10.6. The van der Waals surface area contributed by atoms with Crippen LogP contribution in [0.5, 0.6) is 0 Å². The van der Waals surface area contributed by atoms with Crippen molar-refractivity contribution in [3.63, 3.8) is 0 Å². The summed E-state index contributed by atoms with van der Waals surface area (Å²) in [6, 6.07) is 18.5. The number of hydrogen-bond acceptors (Lipinski definition) is 3. The van der Waals surface area contributed by atoms with E-state index in [0.717, 1.165) is 21.9 Å². The SMILES string of the molecule is Cc1ccc(-n2c(SCC#N)nc3ccccc32)cc1. The number of imidazole rings is 1. The minimum absolute atomic E-state index is 0.398. The monoisotopic (exact) mass is 279 g/mol. The van der Waals surface area contributed by atoms with Crippen LogP contribution in [0.1, 0.15) is 5.56 Å². The number of aromatic nitrogens is 2. The molecule has 3 rings (SSSR count). The van der Waals surface area contributed by atoms with E-state index in [1.807, 2.05) is 18.2 Å². The highest BCUT2D eigenvalue weighted by Crippen LogP contribution is 2.27. The molecule has 0 atom stereocenters. The number of hydrogen-bond donors (Lipinski definition) is 0. The third kappa shape index (κ3) is 2.28. The first-order chi connectivity index (χ1) is 9.79. The number of fused-ring (bicyclic) bond motifs is 1. The van der Waals surface area contributed by atoms with Crippen LogP contribution in [0.4, 0.5) is 0 Å². The zero-order chi connectivity index (χ0) is 13.9. The molecule has 0 radical (unpaired) electrons.